The molecule has 0 saturated carbocycles. The predicted molar refractivity (Wildman–Crippen MR) is 82.8 cm³/mol. The maximum atomic E-state index is 12.0. The molecule has 2 N–H and O–H groups in total. The standard InChI is InChI=1S/C17H22N2O2/c1-12-8-18-10-14(12)16(20)6-4-3-5-7-17(21)15-11-19-9-13(15)2/h8-11,18-19H,3-7H2,1-2H3. The van der Waals surface area contributed by atoms with E-state index in [1.54, 1.807) is 12.4 Å². The fourth-order valence-corrected chi connectivity index (χ4v) is 2.50. The van der Waals surface area contributed by atoms with Crippen LogP contribution in [0.1, 0.15) is 63.9 Å². The topological polar surface area (TPSA) is 65.7 Å². The molecule has 4 heteroatoms. The first kappa shape index (κ1) is 15.3. The van der Waals surface area contributed by atoms with Gasteiger partial charge in [-0.05, 0) is 37.8 Å². The summed E-state index contributed by atoms with van der Waals surface area (Å²) in [7, 11) is 0. The van der Waals surface area contributed by atoms with Gasteiger partial charge in [0.25, 0.3) is 0 Å². The molecule has 0 fully saturated rings. The van der Waals surface area contributed by atoms with E-state index in [1.165, 1.54) is 0 Å². The molecule has 0 aliphatic carbocycles. The van der Waals surface area contributed by atoms with Gasteiger partial charge in [0, 0.05) is 48.8 Å². The van der Waals surface area contributed by atoms with Gasteiger partial charge < -0.3 is 9.97 Å². The highest BCUT2D eigenvalue weighted by molar-refractivity contribution is 5.97. The van der Waals surface area contributed by atoms with E-state index in [4.69, 9.17) is 0 Å². The van der Waals surface area contributed by atoms with E-state index in [0.29, 0.717) is 12.8 Å². The van der Waals surface area contributed by atoms with Crippen LogP contribution in [-0.4, -0.2) is 21.5 Å². The first-order valence-electron chi connectivity index (χ1n) is 7.42. The Balaban J connectivity index is 1.67. The smallest absolute Gasteiger partial charge is 0.164 e. The minimum Gasteiger partial charge on any atom is -0.367 e. The summed E-state index contributed by atoms with van der Waals surface area (Å²) in [6.07, 6.45) is 10.9. The quantitative estimate of drug-likeness (QED) is 0.569. The number of nitrogens with one attached hydrogen (secondary N) is 2. The summed E-state index contributed by atoms with van der Waals surface area (Å²) in [6, 6.07) is 0. The van der Waals surface area contributed by atoms with Crippen LogP contribution in [-0.2, 0) is 0 Å². The summed E-state index contributed by atoms with van der Waals surface area (Å²) >= 11 is 0. The molecule has 2 rings (SSSR count). The maximum Gasteiger partial charge on any atom is 0.164 e. The highest BCUT2D eigenvalue weighted by Gasteiger charge is 2.11. The van der Waals surface area contributed by atoms with Crippen molar-refractivity contribution in [1.82, 2.24) is 9.97 Å². The first-order chi connectivity index (χ1) is 10.1. The highest BCUT2D eigenvalue weighted by atomic mass is 16.1. The van der Waals surface area contributed by atoms with Crippen LogP contribution in [0.15, 0.2) is 24.8 Å². The van der Waals surface area contributed by atoms with Crippen LogP contribution in [0, 0.1) is 13.8 Å². The zero-order valence-electron chi connectivity index (χ0n) is 12.7. The van der Waals surface area contributed by atoms with Gasteiger partial charge in [-0.25, -0.2) is 0 Å². The fraction of sp³-hybridized carbons (Fsp3) is 0.412. The average molecular weight is 286 g/mol. The number of H-pyrrole nitrogens is 2. The lowest BCUT2D eigenvalue weighted by atomic mass is 10.0. The molecule has 21 heavy (non-hydrogen) atoms. The van der Waals surface area contributed by atoms with Crippen LogP contribution >= 0.6 is 0 Å². The van der Waals surface area contributed by atoms with Crippen molar-refractivity contribution in [2.75, 3.05) is 0 Å². The number of aryl methyl sites for hydroxylation is 2. The number of carbonyl (C=O) groups excluding carboxylic acids is 2. The van der Waals surface area contributed by atoms with Gasteiger partial charge in [0.2, 0.25) is 0 Å². The molecule has 112 valence electrons. The highest BCUT2D eigenvalue weighted by Crippen LogP contribution is 2.15. The third-order valence-corrected chi connectivity index (χ3v) is 3.81. The average Bonchev–Trinajstić information content (AvgIpc) is 3.06. The Labute approximate surface area is 125 Å². The van der Waals surface area contributed by atoms with E-state index in [2.05, 4.69) is 9.97 Å². The molecule has 0 amide bonds. The van der Waals surface area contributed by atoms with Crippen molar-refractivity contribution in [3.63, 3.8) is 0 Å². The van der Waals surface area contributed by atoms with Crippen molar-refractivity contribution in [2.45, 2.75) is 46.0 Å². The largest absolute Gasteiger partial charge is 0.367 e. The Morgan fingerprint density at radius 1 is 0.762 bits per heavy atom. The molecule has 0 aromatic carbocycles. The molecule has 4 nitrogen and oxygen atoms in total. The summed E-state index contributed by atoms with van der Waals surface area (Å²) in [5.74, 6) is 0.364. The molecule has 0 unspecified atom stereocenters. The van der Waals surface area contributed by atoms with E-state index in [0.717, 1.165) is 41.5 Å². The van der Waals surface area contributed by atoms with Crippen molar-refractivity contribution in [2.24, 2.45) is 0 Å². The van der Waals surface area contributed by atoms with Gasteiger partial charge >= 0.3 is 0 Å². The number of carbonyl (C=O) groups is 2. The molecule has 0 saturated heterocycles. The Morgan fingerprint density at radius 3 is 1.52 bits per heavy atom. The molecule has 0 bridgehead atoms. The van der Waals surface area contributed by atoms with Crippen LogP contribution < -0.4 is 0 Å². The molecule has 2 heterocycles. The molecule has 0 aliphatic heterocycles. The van der Waals surface area contributed by atoms with Gasteiger partial charge in [-0.3, -0.25) is 9.59 Å². The van der Waals surface area contributed by atoms with Crippen molar-refractivity contribution in [1.29, 1.82) is 0 Å². The SMILES string of the molecule is Cc1c[nH]cc1C(=O)CCCCCC(=O)c1c[nH]cc1C. The normalized spacial score (nSPS) is 10.8. The van der Waals surface area contributed by atoms with Crippen molar-refractivity contribution in [3.05, 3.63) is 47.0 Å². The van der Waals surface area contributed by atoms with Crippen LogP contribution in [0.3, 0.4) is 0 Å². The Kier molecular flexibility index (Phi) is 5.14. The minimum absolute atomic E-state index is 0.182. The van der Waals surface area contributed by atoms with Gasteiger partial charge in [0.05, 0.1) is 0 Å². The van der Waals surface area contributed by atoms with Crippen molar-refractivity contribution in [3.8, 4) is 0 Å². The lowest BCUT2D eigenvalue weighted by molar-refractivity contribution is 0.0978. The minimum atomic E-state index is 0.182. The molecular formula is C17H22N2O2. The van der Waals surface area contributed by atoms with Gasteiger partial charge in [-0.2, -0.15) is 0 Å². The first-order valence-corrected chi connectivity index (χ1v) is 7.42. The Hall–Kier alpha value is -2.10. The zero-order chi connectivity index (χ0) is 15.2. The Bertz CT molecular complexity index is 568. The Morgan fingerprint density at radius 2 is 1.19 bits per heavy atom. The lowest BCUT2D eigenvalue weighted by Gasteiger charge is -2.02. The van der Waals surface area contributed by atoms with E-state index in [-0.39, 0.29) is 11.6 Å². The van der Waals surface area contributed by atoms with Crippen LogP contribution in [0.4, 0.5) is 0 Å². The summed E-state index contributed by atoms with van der Waals surface area (Å²) in [5, 5.41) is 0. The van der Waals surface area contributed by atoms with Gasteiger partial charge in [-0.15, -0.1) is 0 Å². The molecule has 2 aromatic rings. The number of hydrogen-bond donors (Lipinski definition) is 2. The third kappa shape index (κ3) is 3.94. The molecule has 0 radical (unpaired) electrons. The number of aromatic amines is 2. The van der Waals surface area contributed by atoms with E-state index in [1.807, 2.05) is 26.2 Å². The summed E-state index contributed by atoms with van der Waals surface area (Å²) < 4.78 is 0. The van der Waals surface area contributed by atoms with Gasteiger partial charge in [0.15, 0.2) is 11.6 Å². The molecular weight excluding hydrogens is 264 g/mol. The number of Topliss-reactive ketones (excluding diaryl/α,β-unsaturated/α-hetero) is 2. The van der Waals surface area contributed by atoms with E-state index < -0.39 is 0 Å². The van der Waals surface area contributed by atoms with Gasteiger partial charge in [0.1, 0.15) is 0 Å². The molecule has 0 atom stereocenters. The van der Waals surface area contributed by atoms with Crippen molar-refractivity contribution >= 4 is 11.6 Å². The summed E-state index contributed by atoms with van der Waals surface area (Å²) in [5.41, 5.74) is 3.57. The number of rotatable bonds is 8. The number of aromatic nitrogens is 2. The number of unbranched alkanes of at least 4 members (excludes halogenated alkanes) is 2. The second kappa shape index (κ2) is 7.07. The summed E-state index contributed by atoms with van der Waals surface area (Å²) in [6.45, 7) is 3.86. The fourth-order valence-electron chi connectivity index (χ4n) is 2.50. The van der Waals surface area contributed by atoms with Crippen LogP contribution in [0.2, 0.25) is 0 Å². The van der Waals surface area contributed by atoms with E-state index >= 15 is 0 Å². The van der Waals surface area contributed by atoms with E-state index in [9.17, 15) is 9.59 Å². The molecule has 2 aromatic heterocycles. The lowest BCUT2D eigenvalue weighted by Crippen LogP contribution is -2.01. The maximum absolute atomic E-state index is 12.0. The monoisotopic (exact) mass is 286 g/mol. The van der Waals surface area contributed by atoms with Gasteiger partial charge in [-0.1, -0.05) is 6.42 Å². The predicted octanol–water partition coefficient (Wildman–Crippen LogP) is 3.98. The van der Waals surface area contributed by atoms with Crippen LogP contribution in [0.5, 0.6) is 0 Å². The second-order valence-electron chi connectivity index (χ2n) is 5.51. The van der Waals surface area contributed by atoms with Crippen LogP contribution in [0.25, 0.3) is 0 Å². The van der Waals surface area contributed by atoms with Crippen molar-refractivity contribution < 1.29 is 9.59 Å². The molecule has 0 aliphatic rings. The second-order valence-corrected chi connectivity index (χ2v) is 5.51. The third-order valence-electron chi connectivity index (χ3n) is 3.81. The molecule has 0 spiro atoms. The number of hydrogen-bond acceptors (Lipinski definition) is 2. The number of ketones is 2. The zero-order valence-corrected chi connectivity index (χ0v) is 12.7. The summed E-state index contributed by atoms with van der Waals surface area (Å²) in [4.78, 5) is 29.8.